The van der Waals surface area contributed by atoms with E-state index in [-0.39, 0.29) is 5.11 Å². The molecule has 0 bridgehead atoms. The number of thiocarbonyl (C=S) groups is 2. The fourth-order valence-corrected chi connectivity index (χ4v) is 0.842. The molecule has 0 aliphatic carbocycles. The maximum absolute atomic E-state index is 5.08. The minimum absolute atomic E-state index is 0.221. The summed E-state index contributed by atoms with van der Waals surface area (Å²) < 4.78 is 0. The van der Waals surface area contributed by atoms with E-state index in [1.165, 1.54) is 0 Å². The number of nitrogens with zero attached hydrogens (tertiary/aromatic N) is 2. The molecule has 0 aliphatic rings. The van der Waals surface area contributed by atoms with E-state index >= 15 is 0 Å². The summed E-state index contributed by atoms with van der Waals surface area (Å²) in [5.41, 5.74) is 8.78. The van der Waals surface area contributed by atoms with Crippen LogP contribution in [0.5, 0.6) is 0 Å². The lowest BCUT2D eigenvalue weighted by Crippen LogP contribution is -2.38. The summed E-state index contributed by atoms with van der Waals surface area (Å²) in [6.45, 7) is 7.69. The Morgan fingerprint density at radius 3 is 2.11 bits per heavy atom. The Bertz CT molecular complexity index is 375. The molecule has 0 spiro atoms. The van der Waals surface area contributed by atoms with Gasteiger partial charge in [0.15, 0.2) is 5.11 Å². The summed E-state index contributed by atoms with van der Waals surface area (Å²) in [4.78, 5) is 0. The second-order valence-electron chi connectivity index (χ2n) is 3.09. The smallest absolute Gasteiger partial charge is 0.201 e. The minimum atomic E-state index is 0.221. The number of rotatable bonds is 5. The Morgan fingerprint density at radius 2 is 1.67 bits per heavy atom. The van der Waals surface area contributed by atoms with E-state index in [1.807, 2.05) is 0 Å². The molecule has 0 aromatic heterocycles. The zero-order chi connectivity index (χ0) is 14.0. The van der Waals surface area contributed by atoms with Crippen LogP contribution < -0.4 is 27.4 Å². The van der Waals surface area contributed by atoms with Crippen molar-refractivity contribution < 1.29 is 0 Å². The van der Waals surface area contributed by atoms with E-state index in [1.54, 1.807) is 19.9 Å². The summed E-state index contributed by atoms with van der Waals surface area (Å²) in [5.74, 6) is 5.08. The van der Waals surface area contributed by atoms with Gasteiger partial charge in [0.2, 0.25) is 5.11 Å². The Hall–Kier alpha value is -1.58. The fourth-order valence-electron chi connectivity index (χ4n) is 0.668. The first-order chi connectivity index (χ1) is 8.51. The summed E-state index contributed by atoms with van der Waals surface area (Å²) in [5, 5.41) is 11.5. The highest BCUT2D eigenvalue weighted by Crippen LogP contribution is 1.82. The molecular formula is C9H17N7S2. The Labute approximate surface area is 117 Å². The Morgan fingerprint density at radius 1 is 1.17 bits per heavy atom. The molecule has 0 amide bonds. The van der Waals surface area contributed by atoms with Crippen molar-refractivity contribution in [3.63, 3.8) is 0 Å². The largest absolute Gasteiger partial charge is 0.358 e. The van der Waals surface area contributed by atoms with Gasteiger partial charge in [0.25, 0.3) is 0 Å². The van der Waals surface area contributed by atoms with Gasteiger partial charge in [-0.15, -0.1) is 6.58 Å². The third-order valence-corrected chi connectivity index (χ3v) is 2.16. The van der Waals surface area contributed by atoms with Crippen LogP contribution in [0.2, 0.25) is 0 Å². The summed E-state index contributed by atoms with van der Waals surface area (Å²) in [6, 6.07) is 0. The first-order valence-corrected chi connectivity index (χ1v) is 5.83. The minimum Gasteiger partial charge on any atom is -0.358 e. The summed E-state index contributed by atoms with van der Waals surface area (Å²) in [6.07, 6.45) is 1.70. The van der Waals surface area contributed by atoms with Crippen molar-refractivity contribution in [1.29, 1.82) is 0 Å². The maximum atomic E-state index is 5.08. The van der Waals surface area contributed by atoms with Gasteiger partial charge >= 0.3 is 0 Å². The van der Waals surface area contributed by atoms with Gasteiger partial charge in [-0.05, 0) is 38.3 Å². The predicted octanol–water partition coefficient (Wildman–Crippen LogP) is -0.274. The molecule has 0 saturated heterocycles. The van der Waals surface area contributed by atoms with Crippen molar-refractivity contribution in [2.75, 3.05) is 6.54 Å². The van der Waals surface area contributed by atoms with E-state index in [0.29, 0.717) is 23.1 Å². The first-order valence-electron chi connectivity index (χ1n) is 5.01. The molecule has 100 valence electrons. The van der Waals surface area contributed by atoms with Gasteiger partial charge < -0.3 is 5.32 Å². The fraction of sp³-hybridized carbons (Fsp3) is 0.333. The number of hydrogen-bond acceptors (Lipinski definition) is 5. The Kier molecular flexibility index (Phi) is 8.62. The van der Waals surface area contributed by atoms with Crippen LogP contribution in [0.1, 0.15) is 13.8 Å². The van der Waals surface area contributed by atoms with E-state index in [2.05, 4.69) is 38.4 Å². The molecule has 9 heteroatoms. The van der Waals surface area contributed by atoms with Crippen molar-refractivity contribution in [3.8, 4) is 0 Å². The van der Waals surface area contributed by atoms with Crippen molar-refractivity contribution in [2.24, 2.45) is 16.0 Å². The van der Waals surface area contributed by atoms with Gasteiger partial charge in [0.05, 0.1) is 11.4 Å². The van der Waals surface area contributed by atoms with E-state index < -0.39 is 0 Å². The quantitative estimate of drug-likeness (QED) is 0.156. The highest BCUT2D eigenvalue weighted by molar-refractivity contribution is 7.80. The molecule has 7 nitrogen and oxygen atoms in total. The monoisotopic (exact) mass is 287 g/mol. The van der Waals surface area contributed by atoms with Crippen molar-refractivity contribution in [3.05, 3.63) is 12.7 Å². The van der Waals surface area contributed by atoms with E-state index in [0.717, 1.165) is 0 Å². The van der Waals surface area contributed by atoms with Gasteiger partial charge in [-0.2, -0.15) is 10.2 Å². The molecule has 0 fully saturated rings. The topological polar surface area (TPSA) is 98.9 Å². The number of nitrogens with two attached hydrogens (primary N) is 1. The second kappa shape index (κ2) is 9.45. The lowest BCUT2D eigenvalue weighted by Gasteiger charge is -2.06. The number of hydrogen-bond donors (Lipinski definition) is 5. The molecule has 0 unspecified atom stereocenters. The average molecular weight is 287 g/mol. The number of hydrazine groups is 1. The average Bonchev–Trinajstić information content (AvgIpc) is 2.38. The molecule has 18 heavy (non-hydrogen) atoms. The highest BCUT2D eigenvalue weighted by Gasteiger charge is 1.98. The predicted molar refractivity (Wildman–Crippen MR) is 83.2 cm³/mol. The zero-order valence-electron chi connectivity index (χ0n) is 10.3. The van der Waals surface area contributed by atoms with Gasteiger partial charge in [0.1, 0.15) is 0 Å². The van der Waals surface area contributed by atoms with Gasteiger partial charge in [-0.25, -0.2) is 5.84 Å². The molecule has 6 N–H and O–H groups in total. The summed E-state index contributed by atoms with van der Waals surface area (Å²) in [7, 11) is 0. The zero-order valence-corrected chi connectivity index (χ0v) is 11.9. The Balaban J connectivity index is 4.27. The third kappa shape index (κ3) is 7.65. The molecule has 0 saturated carbocycles. The molecule has 0 aromatic carbocycles. The molecular weight excluding hydrogens is 270 g/mol. The van der Waals surface area contributed by atoms with Gasteiger partial charge in [0, 0.05) is 6.54 Å². The van der Waals surface area contributed by atoms with E-state index in [9.17, 15) is 0 Å². The third-order valence-electron chi connectivity index (χ3n) is 1.71. The van der Waals surface area contributed by atoms with Gasteiger partial charge in [-0.1, -0.05) is 6.08 Å². The second-order valence-corrected chi connectivity index (χ2v) is 3.91. The molecule has 0 atom stereocenters. The SMILES string of the molecule is C=CCNC(=S)N/N=C(C)/C(C)=N/NC(=S)NN. The standard InChI is InChI=1S/C9H17N7S2/c1-4-5-11-8(17)15-13-6(2)7(3)14-16-9(18)12-10/h4H,1,5,10H2,2-3H3,(H2,11,15,17)(H2,12,16,18)/b13-6+,14-7+. The lowest BCUT2D eigenvalue weighted by atomic mass is 10.3. The van der Waals surface area contributed by atoms with Gasteiger partial charge in [-0.3, -0.25) is 16.3 Å². The van der Waals surface area contributed by atoms with Crippen molar-refractivity contribution in [1.82, 2.24) is 21.6 Å². The normalized spacial score (nSPS) is 11.5. The van der Waals surface area contributed by atoms with Crippen LogP contribution in [0.15, 0.2) is 22.9 Å². The van der Waals surface area contributed by atoms with Crippen LogP contribution in [-0.2, 0) is 0 Å². The molecule has 0 aromatic rings. The maximum Gasteiger partial charge on any atom is 0.201 e. The molecule has 0 aliphatic heterocycles. The van der Waals surface area contributed by atoms with Crippen LogP contribution in [-0.4, -0.2) is 28.2 Å². The van der Waals surface area contributed by atoms with Crippen LogP contribution in [0.4, 0.5) is 0 Å². The van der Waals surface area contributed by atoms with Crippen molar-refractivity contribution >= 4 is 46.1 Å². The van der Waals surface area contributed by atoms with Crippen LogP contribution in [0.25, 0.3) is 0 Å². The van der Waals surface area contributed by atoms with Crippen LogP contribution >= 0.6 is 24.4 Å². The molecule has 0 radical (unpaired) electrons. The van der Waals surface area contributed by atoms with E-state index in [4.69, 9.17) is 30.3 Å². The van der Waals surface area contributed by atoms with Crippen LogP contribution in [0.3, 0.4) is 0 Å². The molecule has 0 rings (SSSR count). The highest BCUT2D eigenvalue weighted by atomic mass is 32.1. The first kappa shape index (κ1) is 16.4. The van der Waals surface area contributed by atoms with Crippen molar-refractivity contribution in [2.45, 2.75) is 13.8 Å². The number of hydrazone groups is 2. The molecule has 0 heterocycles. The number of nitrogens with one attached hydrogen (secondary N) is 4. The van der Waals surface area contributed by atoms with Crippen LogP contribution in [0, 0.1) is 0 Å². The summed E-state index contributed by atoms with van der Waals surface area (Å²) >= 11 is 9.73. The lowest BCUT2D eigenvalue weighted by molar-refractivity contribution is 0.923.